The topological polar surface area (TPSA) is 21.3 Å². The zero-order valence-electron chi connectivity index (χ0n) is 10.2. The minimum absolute atomic E-state index is 0.191. The van der Waals surface area contributed by atoms with E-state index in [1.807, 2.05) is 19.2 Å². The summed E-state index contributed by atoms with van der Waals surface area (Å²) in [5.74, 6) is -0.191. The van der Waals surface area contributed by atoms with E-state index in [0.717, 1.165) is 18.4 Å². The maximum Gasteiger partial charge on any atom is 0.123 e. The SMILES string of the molecule is CNC(CCC(C)OC)c1ccc(F)cc1. The second kappa shape index (κ2) is 6.61. The maximum absolute atomic E-state index is 12.8. The molecule has 1 aromatic carbocycles. The summed E-state index contributed by atoms with van der Waals surface area (Å²) >= 11 is 0. The first-order valence-corrected chi connectivity index (χ1v) is 5.63. The first kappa shape index (κ1) is 13.1. The molecule has 0 saturated heterocycles. The molecule has 0 radical (unpaired) electrons. The first-order chi connectivity index (χ1) is 7.67. The fourth-order valence-corrected chi connectivity index (χ4v) is 1.69. The molecular weight excluding hydrogens is 205 g/mol. The molecule has 1 rings (SSSR count). The van der Waals surface area contributed by atoms with Gasteiger partial charge in [0.1, 0.15) is 5.82 Å². The molecule has 0 aliphatic heterocycles. The van der Waals surface area contributed by atoms with Crippen LogP contribution >= 0.6 is 0 Å². The van der Waals surface area contributed by atoms with Crippen LogP contribution in [-0.4, -0.2) is 20.3 Å². The second-order valence-corrected chi connectivity index (χ2v) is 4.02. The Hall–Kier alpha value is -0.930. The van der Waals surface area contributed by atoms with Gasteiger partial charge in [-0.1, -0.05) is 12.1 Å². The minimum atomic E-state index is -0.191. The van der Waals surface area contributed by atoms with Crippen molar-refractivity contribution in [1.29, 1.82) is 0 Å². The van der Waals surface area contributed by atoms with Crippen molar-refractivity contribution in [3.63, 3.8) is 0 Å². The normalized spacial score (nSPS) is 14.8. The fraction of sp³-hybridized carbons (Fsp3) is 0.538. The van der Waals surface area contributed by atoms with Crippen molar-refractivity contribution in [3.05, 3.63) is 35.6 Å². The Labute approximate surface area is 96.8 Å². The second-order valence-electron chi connectivity index (χ2n) is 4.02. The van der Waals surface area contributed by atoms with Crippen molar-refractivity contribution in [1.82, 2.24) is 5.32 Å². The van der Waals surface area contributed by atoms with E-state index in [1.165, 1.54) is 12.1 Å². The van der Waals surface area contributed by atoms with E-state index in [9.17, 15) is 4.39 Å². The molecule has 0 heterocycles. The highest BCUT2D eigenvalue weighted by atomic mass is 19.1. The van der Waals surface area contributed by atoms with Crippen LogP contribution in [0.5, 0.6) is 0 Å². The van der Waals surface area contributed by atoms with Gasteiger partial charge in [0, 0.05) is 13.2 Å². The van der Waals surface area contributed by atoms with E-state index < -0.39 is 0 Å². The fourth-order valence-electron chi connectivity index (χ4n) is 1.69. The molecule has 0 spiro atoms. The number of nitrogens with one attached hydrogen (secondary N) is 1. The molecule has 3 heteroatoms. The number of halogens is 1. The lowest BCUT2D eigenvalue weighted by molar-refractivity contribution is 0.106. The molecule has 0 aliphatic carbocycles. The molecule has 90 valence electrons. The Kier molecular flexibility index (Phi) is 5.43. The van der Waals surface area contributed by atoms with Crippen LogP contribution in [0.2, 0.25) is 0 Å². The summed E-state index contributed by atoms with van der Waals surface area (Å²) in [6, 6.07) is 6.92. The molecule has 0 aliphatic rings. The molecule has 0 amide bonds. The van der Waals surface area contributed by atoms with Gasteiger partial charge in [-0.15, -0.1) is 0 Å². The van der Waals surface area contributed by atoms with Crippen molar-refractivity contribution < 1.29 is 9.13 Å². The van der Waals surface area contributed by atoms with Gasteiger partial charge in [0.2, 0.25) is 0 Å². The van der Waals surface area contributed by atoms with Crippen LogP contribution in [0.1, 0.15) is 31.4 Å². The number of benzene rings is 1. The van der Waals surface area contributed by atoms with Crippen LogP contribution in [0.4, 0.5) is 4.39 Å². The van der Waals surface area contributed by atoms with Gasteiger partial charge >= 0.3 is 0 Å². The summed E-state index contributed by atoms with van der Waals surface area (Å²) in [6.45, 7) is 2.05. The molecule has 1 N–H and O–H groups in total. The Morgan fingerprint density at radius 2 is 1.88 bits per heavy atom. The number of hydrogen-bond donors (Lipinski definition) is 1. The summed E-state index contributed by atoms with van der Waals surface area (Å²) < 4.78 is 18.0. The van der Waals surface area contributed by atoms with Crippen LogP contribution in [0.3, 0.4) is 0 Å². The average Bonchev–Trinajstić information content (AvgIpc) is 2.31. The molecule has 0 aromatic heterocycles. The van der Waals surface area contributed by atoms with Crippen LogP contribution in [0.15, 0.2) is 24.3 Å². The quantitative estimate of drug-likeness (QED) is 0.803. The van der Waals surface area contributed by atoms with Gasteiger partial charge in [-0.25, -0.2) is 4.39 Å². The lowest BCUT2D eigenvalue weighted by Gasteiger charge is -2.18. The van der Waals surface area contributed by atoms with Crippen molar-refractivity contribution in [3.8, 4) is 0 Å². The van der Waals surface area contributed by atoms with Crippen molar-refractivity contribution in [2.24, 2.45) is 0 Å². The molecule has 0 saturated carbocycles. The predicted octanol–water partition coefficient (Wildman–Crippen LogP) is 2.90. The third-order valence-corrected chi connectivity index (χ3v) is 2.89. The third kappa shape index (κ3) is 3.91. The monoisotopic (exact) mass is 225 g/mol. The lowest BCUT2D eigenvalue weighted by Crippen LogP contribution is -2.18. The van der Waals surface area contributed by atoms with E-state index in [4.69, 9.17) is 4.74 Å². The average molecular weight is 225 g/mol. The lowest BCUT2D eigenvalue weighted by atomic mass is 10.0. The van der Waals surface area contributed by atoms with Crippen LogP contribution in [0, 0.1) is 5.82 Å². The highest BCUT2D eigenvalue weighted by Gasteiger charge is 2.10. The van der Waals surface area contributed by atoms with Gasteiger partial charge in [0.15, 0.2) is 0 Å². The van der Waals surface area contributed by atoms with Crippen molar-refractivity contribution in [2.75, 3.05) is 14.2 Å². The zero-order valence-corrected chi connectivity index (χ0v) is 10.2. The van der Waals surface area contributed by atoms with E-state index in [-0.39, 0.29) is 18.0 Å². The molecule has 2 nitrogen and oxygen atoms in total. The highest BCUT2D eigenvalue weighted by Crippen LogP contribution is 2.19. The number of methoxy groups -OCH3 is 1. The van der Waals surface area contributed by atoms with Crippen LogP contribution < -0.4 is 5.32 Å². The molecule has 1 aromatic rings. The Morgan fingerprint density at radius 3 is 2.38 bits per heavy atom. The van der Waals surface area contributed by atoms with Gasteiger partial charge in [-0.2, -0.15) is 0 Å². The van der Waals surface area contributed by atoms with Gasteiger partial charge in [0.25, 0.3) is 0 Å². The molecule has 0 fully saturated rings. The third-order valence-electron chi connectivity index (χ3n) is 2.89. The van der Waals surface area contributed by atoms with Crippen molar-refractivity contribution >= 4 is 0 Å². The Morgan fingerprint density at radius 1 is 1.25 bits per heavy atom. The summed E-state index contributed by atoms with van der Waals surface area (Å²) in [6.07, 6.45) is 2.23. The van der Waals surface area contributed by atoms with Gasteiger partial charge in [-0.3, -0.25) is 0 Å². The van der Waals surface area contributed by atoms with Crippen LogP contribution in [-0.2, 0) is 4.74 Å². The summed E-state index contributed by atoms with van der Waals surface area (Å²) in [4.78, 5) is 0. The van der Waals surface area contributed by atoms with Gasteiger partial charge in [-0.05, 0) is 44.5 Å². The van der Waals surface area contributed by atoms with Gasteiger partial charge < -0.3 is 10.1 Å². The predicted molar refractivity (Wildman–Crippen MR) is 63.9 cm³/mol. The molecule has 16 heavy (non-hydrogen) atoms. The van der Waals surface area contributed by atoms with Crippen LogP contribution in [0.25, 0.3) is 0 Å². The zero-order chi connectivity index (χ0) is 12.0. The standard InChI is InChI=1S/C13H20FNO/c1-10(16-3)4-9-13(15-2)11-5-7-12(14)8-6-11/h5-8,10,13,15H,4,9H2,1-3H3. The number of ether oxygens (including phenoxy) is 1. The maximum atomic E-state index is 12.8. The molecule has 0 bridgehead atoms. The number of hydrogen-bond acceptors (Lipinski definition) is 2. The molecular formula is C13H20FNO. The largest absolute Gasteiger partial charge is 0.382 e. The van der Waals surface area contributed by atoms with Crippen molar-refractivity contribution in [2.45, 2.75) is 31.9 Å². The summed E-state index contributed by atoms with van der Waals surface area (Å²) in [5, 5.41) is 3.24. The first-order valence-electron chi connectivity index (χ1n) is 5.63. The summed E-state index contributed by atoms with van der Waals surface area (Å²) in [5.41, 5.74) is 1.12. The van der Waals surface area contributed by atoms with E-state index in [1.54, 1.807) is 7.11 Å². The van der Waals surface area contributed by atoms with E-state index in [0.29, 0.717) is 0 Å². The highest BCUT2D eigenvalue weighted by molar-refractivity contribution is 5.19. The van der Waals surface area contributed by atoms with E-state index >= 15 is 0 Å². The van der Waals surface area contributed by atoms with E-state index in [2.05, 4.69) is 12.2 Å². The molecule has 2 atom stereocenters. The van der Waals surface area contributed by atoms with Gasteiger partial charge in [0.05, 0.1) is 6.10 Å². The minimum Gasteiger partial charge on any atom is -0.382 e. The number of rotatable bonds is 6. The Bertz CT molecular complexity index is 299. The summed E-state index contributed by atoms with van der Waals surface area (Å²) in [7, 11) is 3.64. The Balaban J connectivity index is 2.57. The smallest absolute Gasteiger partial charge is 0.123 e. The molecule has 2 unspecified atom stereocenters.